The van der Waals surface area contributed by atoms with Crippen molar-refractivity contribution in [3.63, 3.8) is 0 Å². The Morgan fingerprint density at radius 3 is 2.81 bits per heavy atom. The highest BCUT2D eigenvalue weighted by molar-refractivity contribution is 5.89. The molecule has 2 amide bonds. The van der Waals surface area contributed by atoms with Gasteiger partial charge in [0.2, 0.25) is 0 Å². The summed E-state index contributed by atoms with van der Waals surface area (Å²) in [5, 5.41) is 20.9. The molecule has 1 aliphatic rings. The number of anilines is 1. The lowest BCUT2D eigenvalue weighted by Crippen LogP contribution is -2.34. The molecule has 7 heteroatoms. The van der Waals surface area contributed by atoms with Crippen molar-refractivity contribution in [2.24, 2.45) is 5.92 Å². The van der Waals surface area contributed by atoms with Crippen LogP contribution < -0.4 is 5.32 Å². The van der Waals surface area contributed by atoms with E-state index in [2.05, 4.69) is 10.3 Å². The molecule has 114 valence electrons. The van der Waals surface area contributed by atoms with E-state index in [-0.39, 0.29) is 18.4 Å². The zero-order chi connectivity index (χ0) is 15.4. The molecule has 1 aromatic heterocycles. The van der Waals surface area contributed by atoms with Gasteiger partial charge in [-0.3, -0.25) is 9.78 Å². The van der Waals surface area contributed by atoms with Crippen LogP contribution in [0, 0.1) is 5.92 Å². The Morgan fingerprint density at radius 1 is 1.52 bits per heavy atom. The highest BCUT2D eigenvalue weighted by Gasteiger charge is 2.29. The molecule has 1 saturated heterocycles. The molecule has 0 aromatic carbocycles. The molecule has 3 N–H and O–H groups in total. The molecule has 2 atom stereocenters. The molecule has 0 spiro atoms. The molecule has 1 fully saturated rings. The number of nitrogens with one attached hydrogen (secondary N) is 1. The van der Waals surface area contributed by atoms with Gasteiger partial charge in [-0.1, -0.05) is 0 Å². The first-order chi connectivity index (χ1) is 9.95. The largest absolute Gasteiger partial charge is 0.481 e. The number of aliphatic hydroxyl groups excluding tert-OH is 1. The molecule has 21 heavy (non-hydrogen) atoms. The van der Waals surface area contributed by atoms with Crippen LogP contribution in [0.25, 0.3) is 0 Å². The number of carboxylic acid groups (broad SMARTS) is 1. The molecule has 0 bridgehead atoms. The summed E-state index contributed by atoms with van der Waals surface area (Å²) in [6, 6.07) is 2.98. The first-order valence-electron chi connectivity index (χ1n) is 6.86. The predicted molar refractivity (Wildman–Crippen MR) is 76.0 cm³/mol. The highest BCUT2D eigenvalue weighted by Crippen LogP contribution is 2.20. The number of carbonyl (C=O) groups excluding carboxylic acids is 1. The number of urea groups is 1. The summed E-state index contributed by atoms with van der Waals surface area (Å²) >= 11 is 0. The minimum absolute atomic E-state index is 0.117. The summed E-state index contributed by atoms with van der Waals surface area (Å²) in [5.74, 6) is -0.827. The van der Waals surface area contributed by atoms with Gasteiger partial charge in [-0.2, -0.15) is 0 Å². The second kappa shape index (κ2) is 6.53. The van der Waals surface area contributed by atoms with Crippen molar-refractivity contribution in [2.45, 2.75) is 25.9 Å². The Hall–Kier alpha value is -2.15. The minimum Gasteiger partial charge on any atom is -0.481 e. The van der Waals surface area contributed by atoms with Gasteiger partial charge in [0.1, 0.15) is 0 Å². The molecular formula is C14H19N3O4. The summed E-state index contributed by atoms with van der Waals surface area (Å²) < 4.78 is 0. The molecule has 0 saturated carbocycles. The third-order valence-corrected chi connectivity index (χ3v) is 3.60. The minimum atomic E-state index is -0.944. The number of aromatic nitrogens is 1. The van der Waals surface area contributed by atoms with Gasteiger partial charge < -0.3 is 20.4 Å². The van der Waals surface area contributed by atoms with Gasteiger partial charge in [-0.05, 0) is 25.5 Å². The number of likely N-dealkylation sites (tertiary alicyclic amines) is 1. The molecular weight excluding hydrogens is 274 g/mol. The van der Waals surface area contributed by atoms with Crippen molar-refractivity contribution < 1.29 is 19.8 Å². The third kappa shape index (κ3) is 4.16. The molecule has 2 rings (SSSR count). The second-order valence-electron chi connectivity index (χ2n) is 5.27. The van der Waals surface area contributed by atoms with E-state index in [0.717, 1.165) is 6.42 Å². The van der Waals surface area contributed by atoms with Crippen molar-refractivity contribution in [3.8, 4) is 0 Å². The Morgan fingerprint density at radius 2 is 2.29 bits per heavy atom. The van der Waals surface area contributed by atoms with Gasteiger partial charge in [0, 0.05) is 19.0 Å². The molecule has 1 aliphatic heterocycles. The second-order valence-corrected chi connectivity index (χ2v) is 5.27. The maximum Gasteiger partial charge on any atom is 0.321 e. The Balaban J connectivity index is 1.89. The van der Waals surface area contributed by atoms with Crippen molar-refractivity contribution in [2.75, 3.05) is 18.4 Å². The van der Waals surface area contributed by atoms with E-state index in [9.17, 15) is 14.7 Å². The Kier molecular flexibility index (Phi) is 4.74. The van der Waals surface area contributed by atoms with Gasteiger partial charge >= 0.3 is 12.0 Å². The maximum atomic E-state index is 12.1. The Labute approximate surface area is 122 Å². The standard InChI is InChI=1S/C14H19N3O4/c1-9(18)10-4-5-17(8-10)14(21)16-12-3-2-11(15-7-12)6-13(19)20/h2-3,7,9-10,18H,4-6,8H2,1H3,(H,16,21)(H,19,20). The molecule has 2 unspecified atom stereocenters. The van der Waals surface area contributed by atoms with Gasteiger partial charge in [-0.15, -0.1) is 0 Å². The van der Waals surface area contributed by atoms with Crippen LogP contribution in [0.2, 0.25) is 0 Å². The van der Waals surface area contributed by atoms with E-state index in [1.54, 1.807) is 24.0 Å². The average molecular weight is 293 g/mol. The lowest BCUT2D eigenvalue weighted by Gasteiger charge is -2.18. The van der Waals surface area contributed by atoms with Gasteiger partial charge in [-0.25, -0.2) is 4.79 Å². The van der Waals surface area contributed by atoms with E-state index in [0.29, 0.717) is 24.5 Å². The van der Waals surface area contributed by atoms with Crippen LogP contribution in [0.3, 0.4) is 0 Å². The summed E-state index contributed by atoms with van der Waals surface area (Å²) in [7, 11) is 0. The average Bonchev–Trinajstić information content (AvgIpc) is 2.90. The van der Waals surface area contributed by atoms with Gasteiger partial charge in [0.05, 0.1) is 30.1 Å². The number of aliphatic hydroxyl groups is 1. The van der Waals surface area contributed by atoms with Crippen molar-refractivity contribution in [3.05, 3.63) is 24.0 Å². The first-order valence-corrected chi connectivity index (χ1v) is 6.86. The number of hydrogen-bond donors (Lipinski definition) is 3. The summed E-state index contributed by atoms with van der Waals surface area (Å²) in [4.78, 5) is 28.3. The van der Waals surface area contributed by atoms with E-state index < -0.39 is 12.1 Å². The van der Waals surface area contributed by atoms with Crippen molar-refractivity contribution in [1.29, 1.82) is 0 Å². The smallest absolute Gasteiger partial charge is 0.321 e. The lowest BCUT2D eigenvalue weighted by molar-refractivity contribution is -0.136. The molecule has 7 nitrogen and oxygen atoms in total. The normalized spacial score (nSPS) is 19.3. The number of amides is 2. The summed E-state index contributed by atoms with van der Waals surface area (Å²) in [6.45, 7) is 2.89. The van der Waals surface area contributed by atoms with Crippen LogP contribution in [0.5, 0.6) is 0 Å². The van der Waals surface area contributed by atoms with Crippen LogP contribution in [0.4, 0.5) is 10.5 Å². The van der Waals surface area contributed by atoms with Crippen molar-refractivity contribution >= 4 is 17.7 Å². The zero-order valence-electron chi connectivity index (χ0n) is 11.8. The summed E-state index contributed by atoms with van der Waals surface area (Å²) in [6.07, 6.45) is 1.68. The molecule has 2 heterocycles. The summed E-state index contributed by atoms with van der Waals surface area (Å²) in [5.41, 5.74) is 0.963. The highest BCUT2D eigenvalue weighted by atomic mass is 16.4. The van der Waals surface area contributed by atoms with Crippen LogP contribution in [0.15, 0.2) is 18.3 Å². The van der Waals surface area contributed by atoms with Gasteiger partial charge in [0.25, 0.3) is 0 Å². The lowest BCUT2D eigenvalue weighted by atomic mass is 10.0. The fourth-order valence-electron chi connectivity index (χ4n) is 2.33. The number of carboxylic acids is 1. The number of carbonyl (C=O) groups is 2. The molecule has 0 radical (unpaired) electrons. The quantitative estimate of drug-likeness (QED) is 0.766. The van der Waals surface area contributed by atoms with Crippen LogP contribution >= 0.6 is 0 Å². The van der Waals surface area contributed by atoms with E-state index in [4.69, 9.17) is 5.11 Å². The van der Waals surface area contributed by atoms with Crippen LogP contribution in [-0.4, -0.2) is 51.3 Å². The van der Waals surface area contributed by atoms with E-state index in [1.807, 2.05) is 0 Å². The molecule has 1 aromatic rings. The molecule has 0 aliphatic carbocycles. The first kappa shape index (κ1) is 15.2. The van der Waals surface area contributed by atoms with Crippen LogP contribution in [-0.2, 0) is 11.2 Å². The number of pyridine rings is 1. The SMILES string of the molecule is CC(O)C1CCN(C(=O)Nc2ccc(CC(=O)O)nc2)C1. The van der Waals surface area contributed by atoms with E-state index >= 15 is 0 Å². The topological polar surface area (TPSA) is 103 Å². The zero-order valence-corrected chi connectivity index (χ0v) is 11.8. The van der Waals surface area contributed by atoms with E-state index in [1.165, 1.54) is 6.20 Å². The number of aliphatic carboxylic acids is 1. The monoisotopic (exact) mass is 293 g/mol. The fourth-order valence-corrected chi connectivity index (χ4v) is 2.33. The Bertz CT molecular complexity index is 515. The predicted octanol–water partition coefficient (Wildman–Crippen LogP) is 0.943. The van der Waals surface area contributed by atoms with Crippen LogP contribution in [0.1, 0.15) is 19.0 Å². The maximum absolute atomic E-state index is 12.1. The number of rotatable bonds is 4. The number of hydrogen-bond acceptors (Lipinski definition) is 4. The third-order valence-electron chi connectivity index (χ3n) is 3.60. The number of nitrogens with zero attached hydrogens (tertiary/aromatic N) is 2. The van der Waals surface area contributed by atoms with Gasteiger partial charge in [0.15, 0.2) is 0 Å². The van der Waals surface area contributed by atoms with Crippen molar-refractivity contribution in [1.82, 2.24) is 9.88 Å². The fraction of sp³-hybridized carbons (Fsp3) is 0.500.